The van der Waals surface area contributed by atoms with Crippen molar-refractivity contribution in [3.8, 4) is 28.4 Å². The molecule has 0 aliphatic heterocycles. The van der Waals surface area contributed by atoms with E-state index in [2.05, 4.69) is 15.5 Å². The summed E-state index contributed by atoms with van der Waals surface area (Å²) >= 11 is 0. The molecule has 0 radical (unpaired) electrons. The SMILES string of the molecule is CN[C@H]1CCc2cc(OC)c(OC)c(OC)c2-c2ccc(NCCN(C)C)c(=O)cc21. The van der Waals surface area contributed by atoms with Crippen LogP contribution in [0.1, 0.15) is 23.6 Å². The van der Waals surface area contributed by atoms with Crippen LogP contribution in [0, 0.1) is 0 Å². The van der Waals surface area contributed by atoms with Crippen molar-refractivity contribution in [2.45, 2.75) is 18.9 Å². The molecule has 168 valence electrons. The molecule has 31 heavy (non-hydrogen) atoms. The lowest BCUT2D eigenvalue weighted by Crippen LogP contribution is -2.22. The van der Waals surface area contributed by atoms with E-state index < -0.39 is 0 Å². The lowest BCUT2D eigenvalue weighted by Gasteiger charge is -2.19. The van der Waals surface area contributed by atoms with Gasteiger partial charge in [-0.25, -0.2) is 0 Å². The first-order valence-electron chi connectivity index (χ1n) is 10.5. The van der Waals surface area contributed by atoms with E-state index in [0.717, 1.165) is 41.6 Å². The summed E-state index contributed by atoms with van der Waals surface area (Å²) in [6, 6.07) is 7.69. The second kappa shape index (κ2) is 10.0. The van der Waals surface area contributed by atoms with Gasteiger partial charge in [0.15, 0.2) is 11.5 Å². The van der Waals surface area contributed by atoms with Gasteiger partial charge in [-0.15, -0.1) is 0 Å². The number of methoxy groups -OCH3 is 3. The van der Waals surface area contributed by atoms with Gasteiger partial charge < -0.3 is 29.7 Å². The summed E-state index contributed by atoms with van der Waals surface area (Å²) in [6.45, 7) is 1.53. The van der Waals surface area contributed by atoms with Crippen LogP contribution in [0.3, 0.4) is 0 Å². The van der Waals surface area contributed by atoms with Gasteiger partial charge in [0.1, 0.15) is 0 Å². The average molecular weight is 428 g/mol. The lowest BCUT2D eigenvalue weighted by atomic mass is 9.95. The zero-order valence-electron chi connectivity index (χ0n) is 19.3. The highest BCUT2D eigenvalue weighted by atomic mass is 16.5. The van der Waals surface area contributed by atoms with Gasteiger partial charge in [0, 0.05) is 24.7 Å². The Morgan fingerprint density at radius 2 is 1.81 bits per heavy atom. The van der Waals surface area contributed by atoms with Crippen LogP contribution in [-0.4, -0.2) is 60.5 Å². The number of rotatable bonds is 8. The Bertz CT molecular complexity index is 991. The number of hydrogen-bond donors (Lipinski definition) is 2. The maximum Gasteiger partial charge on any atom is 0.203 e. The number of aryl methyl sites for hydroxylation is 1. The van der Waals surface area contributed by atoms with Gasteiger partial charge >= 0.3 is 0 Å². The lowest BCUT2D eigenvalue weighted by molar-refractivity contribution is 0.324. The van der Waals surface area contributed by atoms with Crippen LogP contribution in [0.25, 0.3) is 11.1 Å². The van der Waals surface area contributed by atoms with Crippen molar-refractivity contribution in [2.75, 3.05) is 60.9 Å². The van der Waals surface area contributed by atoms with Crippen molar-refractivity contribution in [1.82, 2.24) is 10.2 Å². The molecule has 1 aliphatic carbocycles. The number of likely N-dealkylation sites (N-methyl/N-ethyl adjacent to an activating group) is 1. The quantitative estimate of drug-likeness (QED) is 0.671. The Kier molecular flexibility index (Phi) is 7.41. The fourth-order valence-corrected chi connectivity index (χ4v) is 4.17. The first kappa shape index (κ1) is 22.9. The molecule has 0 heterocycles. The van der Waals surface area contributed by atoms with Crippen molar-refractivity contribution >= 4 is 5.69 Å². The number of benzene rings is 1. The predicted molar refractivity (Wildman–Crippen MR) is 125 cm³/mol. The van der Waals surface area contributed by atoms with Crippen molar-refractivity contribution in [3.63, 3.8) is 0 Å². The van der Waals surface area contributed by atoms with Crippen molar-refractivity contribution < 1.29 is 14.2 Å². The topological polar surface area (TPSA) is 72.1 Å². The van der Waals surface area contributed by atoms with Crippen LogP contribution in [0.2, 0.25) is 0 Å². The fourth-order valence-electron chi connectivity index (χ4n) is 4.17. The summed E-state index contributed by atoms with van der Waals surface area (Å²) in [5.74, 6) is 1.81. The van der Waals surface area contributed by atoms with Gasteiger partial charge in [-0.05, 0) is 68.9 Å². The molecule has 2 aromatic rings. The van der Waals surface area contributed by atoms with E-state index in [1.165, 1.54) is 0 Å². The van der Waals surface area contributed by atoms with E-state index in [9.17, 15) is 4.79 Å². The number of fused-ring (bicyclic) bond motifs is 3. The Morgan fingerprint density at radius 1 is 1.06 bits per heavy atom. The zero-order valence-corrected chi connectivity index (χ0v) is 19.3. The van der Waals surface area contributed by atoms with Gasteiger partial charge in [0.25, 0.3) is 0 Å². The summed E-state index contributed by atoms with van der Waals surface area (Å²) in [6.07, 6.45) is 1.67. The molecule has 0 bridgehead atoms. The summed E-state index contributed by atoms with van der Waals surface area (Å²) in [4.78, 5) is 15.1. The van der Waals surface area contributed by atoms with E-state index in [0.29, 0.717) is 29.5 Å². The highest BCUT2D eigenvalue weighted by Crippen LogP contribution is 2.50. The smallest absolute Gasteiger partial charge is 0.203 e. The fraction of sp³-hybridized carbons (Fsp3) is 0.458. The van der Waals surface area contributed by atoms with Crippen molar-refractivity contribution in [1.29, 1.82) is 0 Å². The molecular weight excluding hydrogens is 394 g/mol. The molecule has 0 saturated heterocycles. The molecule has 2 N–H and O–H groups in total. The highest BCUT2D eigenvalue weighted by molar-refractivity contribution is 5.83. The highest BCUT2D eigenvalue weighted by Gasteiger charge is 2.28. The van der Waals surface area contributed by atoms with Crippen molar-refractivity contribution in [2.24, 2.45) is 0 Å². The van der Waals surface area contributed by atoms with E-state index in [-0.39, 0.29) is 11.5 Å². The zero-order chi connectivity index (χ0) is 22.5. The molecule has 1 aliphatic rings. The van der Waals surface area contributed by atoms with Crippen LogP contribution in [-0.2, 0) is 6.42 Å². The summed E-state index contributed by atoms with van der Waals surface area (Å²) in [5, 5.41) is 6.66. The molecule has 0 amide bonds. The minimum Gasteiger partial charge on any atom is -0.493 e. The third-order valence-electron chi connectivity index (χ3n) is 5.76. The number of nitrogens with zero attached hydrogens (tertiary/aromatic N) is 1. The van der Waals surface area contributed by atoms with Gasteiger partial charge in [-0.3, -0.25) is 4.79 Å². The maximum absolute atomic E-state index is 13.1. The third-order valence-corrected chi connectivity index (χ3v) is 5.76. The average Bonchev–Trinajstić information content (AvgIpc) is 3.00. The number of ether oxygens (including phenoxy) is 3. The van der Waals surface area contributed by atoms with Crippen LogP contribution in [0.4, 0.5) is 5.69 Å². The number of hydrogen-bond acceptors (Lipinski definition) is 7. The Balaban J connectivity index is 2.25. The molecule has 0 aromatic heterocycles. The first-order valence-corrected chi connectivity index (χ1v) is 10.5. The number of anilines is 1. The molecule has 3 rings (SSSR count). The standard InChI is InChI=1S/C24H33N3O4/c1-25-18-9-7-15-13-21(29-4)23(30-5)24(31-6)22(15)16-8-10-19(20(28)14-17(16)18)26-11-12-27(2)3/h8,10,13-14,18,25H,7,9,11-12H2,1-6H3,(H,26,28)/t18-/m0/s1. The van der Waals surface area contributed by atoms with E-state index in [4.69, 9.17) is 14.2 Å². The second-order valence-corrected chi connectivity index (χ2v) is 7.91. The van der Waals surface area contributed by atoms with E-state index in [1.54, 1.807) is 27.4 Å². The third kappa shape index (κ3) is 4.62. The molecule has 2 aromatic carbocycles. The Hall–Kier alpha value is -2.77. The van der Waals surface area contributed by atoms with Crippen molar-refractivity contribution in [3.05, 3.63) is 45.6 Å². The normalized spacial score (nSPS) is 15.0. The molecule has 0 fully saturated rings. The second-order valence-electron chi connectivity index (χ2n) is 7.91. The molecular formula is C24H33N3O4. The Labute approximate surface area is 184 Å². The summed E-state index contributed by atoms with van der Waals surface area (Å²) in [7, 11) is 10.8. The molecule has 7 heteroatoms. The van der Waals surface area contributed by atoms with Crippen LogP contribution in [0.5, 0.6) is 17.2 Å². The largest absolute Gasteiger partial charge is 0.493 e. The minimum atomic E-state index is -0.0249. The van der Waals surface area contributed by atoms with Gasteiger partial charge in [0.2, 0.25) is 11.2 Å². The minimum absolute atomic E-state index is 0.0249. The van der Waals surface area contributed by atoms with Gasteiger partial charge in [-0.2, -0.15) is 0 Å². The predicted octanol–water partition coefficient (Wildman–Crippen LogP) is 2.92. The van der Waals surface area contributed by atoms with E-state index in [1.807, 2.05) is 39.3 Å². The molecule has 0 saturated carbocycles. The molecule has 7 nitrogen and oxygen atoms in total. The van der Waals surface area contributed by atoms with Crippen LogP contribution in [0.15, 0.2) is 29.1 Å². The van der Waals surface area contributed by atoms with Crippen LogP contribution < -0.4 is 30.3 Å². The molecule has 1 atom stereocenters. The van der Waals surface area contributed by atoms with E-state index >= 15 is 0 Å². The summed E-state index contributed by atoms with van der Waals surface area (Å²) in [5.41, 5.74) is 4.53. The Morgan fingerprint density at radius 3 is 2.42 bits per heavy atom. The van der Waals surface area contributed by atoms with Gasteiger partial charge in [-0.1, -0.05) is 6.07 Å². The first-order chi connectivity index (χ1) is 14.9. The van der Waals surface area contributed by atoms with Gasteiger partial charge in [0.05, 0.1) is 27.0 Å². The molecule has 0 unspecified atom stereocenters. The maximum atomic E-state index is 13.1. The van der Waals surface area contributed by atoms with Crippen LogP contribution >= 0.6 is 0 Å². The molecule has 0 spiro atoms. The number of nitrogens with one attached hydrogen (secondary N) is 2. The monoisotopic (exact) mass is 427 g/mol. The summed E-state index contributed by atoms with van der Waals surface area (Å²) < 4.78 is 17.0.